The summed E-state index contributed by atoms with van der Waals surface area (Å²) >= 11 is 0. The van der Waals surface area contributed by atoms with Crippen molar-refractivity contribution in [3.63, 3.8) is 0 Å². The maximum Gasteiger partial charge on any atom is 0.431 e. The monoisotopic (exact) mass is 288 g/mol. The molecule has 0 unspecified atom stereocenters. The zero-order valence-corrected chi connectivity index (χ0v) is 11.2. The van der Waals surface area contributed by atoms with Crippen molar-refractivity contribution in [1.29, 1.82) is 0 Å². The van der Waals surface area contributed by atoms with Crippen LogP contribution in [0.5, 0.6) is 0 Å². The van der Waals surface area contributed by atoms with Crippen molar-refractivity contribution in [2.45, 2.75) is 38.4 Å². The van der Waals surface area contributed by atoms with Crippen LogP contribution >= 0.6 is 0 Å². The molecule has 1 saturated carbocycles. The first kappa shape index (κ1) is 15.1. The van der Waals surface area contributed by atoms with Crippen LogP contribution in [0.4, 0.5) is 13.2 Å². The van der Waals surface area contributed by atoms with E-state index in [4.69, 9.17) is 0 Å². The minimum Gasteiger partial charge on any atom is -0.315 e. The second-order valence-electron chi connectivity index (χ2n) is 5.25. The molecule has 1 heterocycles. The Morgan fingerprint density at radius 2 is 1.95 bits per heavy atom. The fourth-order valence-corrected chi connectivity index (χ4v) is 2.71. The molecule has 0 aliphatic heterocycles. The first-order chi connectivity index (χ1) is 9.48. The van der Waals surface area contributed by atoms with Crippen molar-refractivity contribution in [3.8, 4) is 0 Å². The van der Waals surface area contributed by atoms with E-state index in [0.29, 0.717) is 12.5 Å². The first-order valence-electron chi connectivity index (χ1n) is 6.96. The standard InChI is InChI=1S/C14H19F3N2O/c15-14(16,17)12-6-3-7-13(20)19(12)9-8-18-10-11-4-1-2-5-11/h3,6-7,11,18H,1-2,4-5,8-10H2. The summed E-state index contributed by atoms with van der Waals surface area (Å²) in [4.78, 5) is 11.6. The van der Waals surface area contributed by atoms with E-state index < -0.39 is 17.4 Å². The number of rotatable bonds is 5. The van der Waals surface area contributed by atoms with E-state index in [-0.39, 0.29) is 6.54 Å². The molecule has 0 radical (unpaired) electrons. The van der Waals surface area contributed by atoms with Crippen molar-refractivity contribution >= 4 is 0 Å². The summed E-state index contributed by atoms with van der Waals surface area (Å²) in [7, 11) is 0. The molecule has 0 saturated heterocycles. The lowest BCUT2D eigenvalue weighted by Crippen LogP contribution is -2.32. The van der Waals surface area contributed by atoms with Crippen molar-refractivity contribution in [2.24, 2.45) is 5.92 Å². The maximum absolute atomic E-state index is 12.8. The van der Waals surface area contributed by atoms with Gasteiger partial charge in [-0.25, -0.2) is 0 Å². The zero-order chi connectivity index (χ0) is 14.6. The largest absolute Gasteiger partial charge is 0.431 e. The molecule has 1 aromatic heterocycles. The van der Waals surface area contributed by atoms with Crippen molar-refractivity contribution in [1.82, 2.24) is 9.88 Å². The summed E-state index contributed by atoms with van der Waals surface area (Å²) in [5.41, 5.74) is -1.49. The molecule has 6 heteroatoms. The number of pyridine rings is 1. The van der Waals surface area contributed by atoms with E-state index in [9.17, 15) is 18.0 Å². The first-order valence-corrected chi connectivity index (χ1v) is 6.96. The molecule has 0 atom stereocenters. The Kier molecular flexibility index (Phi) is 4.86. The minimum atomic E-state index is -4.49. The van der Waals surface area contributed by atoms with Crippen LogP contribution in [0.3, 0.4) is 0 Å². The van der Waals surface area contributed by atoms with E-state index in [2.05, 4.69) is 5.32 Å². The van der Waals surface area contributed by atoms with Crippen LogP contribution in [0.15, 0.2) is 23.0 Å². The molecule has 1 aliphatic rings. The van der Waals surface area contributed by atoms with Crippen LogP contribution in [-0.4, -0.2) is 17.7 Å². The number of nitrogens with zero attached hydrogens (tertiary/aromatic N) is 1. The number of hydrogen-bond donors (Lipinski definition) is 1. The highest BCUT2D eigenvalue weighted by molar-refractivity contribution is 5.10. The van der Waals surface area contributed by atoms with Gasteiger partial charge in [0.2, 0.25) is 0 Å². The molecule has 1 aliphatic carbocycles. The molecule has 1 N–H and O–H groups in total. The van der Waals surface area contributed by atoms with E-state index in [0.717, 1.165) is 29.3 Å². The molecule has 0 spiro atoms. The van der Waals surface area contributed by atoms with Crippen LogP contribution in [0.2, 0.25) is 0 Å². The summed E-state index contributed by atoms with van der Waals surface area (Å²) in [6.45, 7) is 1.24. The summed E-state index contributed by atoms with van der Waals surface area (Å²) < 4.78 is 39.2. The van der Waals surface area contributed by atoms with Gasteiger partial charge >= 0.3 is 6.18 Å². The van der Waals surface area contributed by atoms with Gasteiger partial charge in [0, 0.05) is 19.2 Å². The Balaban J connectivity index is 1.93. The third-order valence-corrected chi connectivity index (χ3v) is 3.76. The lowest BCUT2D eigenvalue weighted by atomic mass is 10.1. The van der Waals surface area contributed by atoms with Crippen molar-refractivity contribution in [2.75, 3.05) is 13.1 Å². The van der Waals surface area contributed by atoms with Gasteiger partial charge in [-0.1, -0.05) is 18.9 Å². The number of halogens is 3. The average Bonchev–Trinajstić information content (AvgIpc) is 2.88. The molecule has 1 aromatic rings. The summed E-state index contributed by atoms with van der Waals surface area (Å²) in [6, 6.07) is 3.25. The molecule has 0 aromatic carbocycles. The van der Waals surface area contributed by atoms with E-state index in [1.165, 1.54) is 25.7 Å². The molecule has 20 heavy (non-hydrogen) atoms. The molecule has 0 amide bonds. The van der Waals surface area contributed by atoms with Gasteiger partial charge in [0.1, 0.15) is 5.69 Å². The van der Waals surface area contributed by atoms with Gasteiger partial charge in [0.25, 0.3) is 5.56 Å². The third-order valence-electron chi connectivity index (χ3n) is 3.76. The molecular formula is C14H19F3N2O. The zero-order valence-electron chi connectivity index (χ0n) is 11.2. The maximum atomic E-state index is 12.8. The number of aromatic nitrogens is 1. The number of nitrogens with one attached hydrogen (secondary N) is 1. The van der Waals surface area contributed by atoms with Crippen molar-refractivity contribution < 1.29 is 13.2 Å². The molecule has 0 bridgehead atoms. The van der Waals surface area contributed by atoms with Crippen LogP contribution in [0.1, 0.15) is 31.4 Å². The molecule has 2 rings (SSSR count). The van der Waals surface area contributed by atoms with Gasteiger partial charge in [-0.2, -0.15) is 13.2 Å². The predicted molar refractivity (Wildman–Crippen MR) is 70.5 cm³/mol. The minimum absolute atomic E-state index is 0.0429. The lowest BCUT2D eigenvalue weighted by molar-refractivity contribution is -0.144. The highest BCUT2D eigenvalue weighted by Gasteiger charge is 2.33. The van der Waals surface area contributed by atoms with Crippen LogP contribution < -0.4 is 10.9 Å². The highest BCUT2D eigenvalue weighted by atomic mass is 19.4. The predicted octanol–water partition coefficient (Wildman–Crippen LogP) is 2.65. The lowest BCUT2D eigenvalue weighted by Gasteiger charge is -2.16. The average molecular weight is 288 g/mol. The van der Waals surface area contributed by atoms with E-state index in [1.54, 1.807) is 0 Å². The molecular weight excluding hydrogens is 269 g/mol. The Hall–Kier alpha value is -1.30. The molecule has 3 nitrogen and oxygen atoms in total. The third kappa shape index (κ3) is 3.85. The molecule has 1 fully saturated rings. The SMILES string of the molecule is O=c1cccc(C(F)(F)F)n1CCNCC1CCCC1. The van der Waals surface area contributed by atoms with E-state index >= 15 is 0 Å². The smallest absolute Gasteiger partial charge is 0.315 e. The Morgan fingerprint density at radius 3 is 2.60 bits per heavy atom. The Bertz CT molecular complexity index is 490. The van der Waals surface area contributed by atoms with Gasteiger partial charge in [-0.3, -0.25) is 4.79 Å². The second kappa shape index (κ2) is 6.43. The number of alkyl halides is 3. The van der Waals surface area contributed by atoms with Gasteiger partial charge in [-0.05, 0) is 31.4 Å². The summed E-state index contributed by atoms with van der Waals surface area (Å²) in [5.74, 6) is 0.629. The van der Waals surface area contributed by atoms with E-state index in [1.807, 2.05) is 0 Å². The van der Waals surface area contributed by atoms with Gasteiger partial charge in [0.15, 0.2) is 0 Å². The number of hydrogen-bond acceptors (Lipinski definition) is 2. The normalized spacial score (nSPS) is 16.8. The summed E-state index contributed by atoms with van der Waals surface area (Å²) in [5, 5.41) is 3.15. The van der Waals surface area contributed by atoms with Gasteiger partial charge < -0.3 is 9.88 Å². The fourth-order valence-electron chi connectivity index (χ4n) is 2.71. The van der Waals surface area contributed by atoms with Crippen LogP contribution in [-0.2, 0) is 12.7 Å². The molecule has 112 valence electrons. The van der Waals surface area contributed by atoms with Gasteiger partial charge in [-0.15, -0.1) is 0 Å². The van der Waals surface area contributed by atoms with Crippen LogP contribution in [0.25, 0.3) is 0 Å². The Labute approximate surface area is 115 Å². The second-order valence-corrected chi connectivity index (χ2v) is 5.25. The quantitative estimate of drug-likeness (QED) is 0.845. The Morgan fingerprint density at radius 1 is 1.25 bits per heavy atom. The van der Waals surface area contributed by atoms with Crippen LogP contribution in [0, 0.1) is 5.92 Å². The highest BCUT2D eigenvalue weighted by Crippen LogP contribution is 2.28. The summed E-state index contributed by atoms with van der Waals surface area (Å²) in [6.07, 6.45) is 0.357. The fraction of sp³-hybridized carbons (Fsp3) is 0.643. The van der Waals surface area contributed by atoms with Gasteiger partial charge in [0.05, 0.1) is 0 Å². The topological polar surface area (TPSA) is 34.0 Å². The van der Waals surface area contributed by atoms with Crippen molar-refractivity contribution in [3.05, 3.63) is 34.2 Å².